The average molecular weight is 321 g/mol. The molecular formula is C20H19NO3. The smallest absolute Gasteiger partial charge is 0.287 e. The second-order valence-corrected chi connectivity index (χ2v) is 6.10. The monoisotopic (exact) mass is 321 g/mol. The van der Waals surface area contributed by atoms with Crippen LogP contribution in [0.5, 0.6) is 0 Å². The Morgan fingerprint density at radius 3 is 2.42 bits per heavy atom. The summed E-state index contributed by atoms with van der Waals surface area (Å²) in [7, 11) is 0. The van der Waals surface area contributed by atoms with Crippen molar-refractivity contribution in [2.75, 3.05) is 0 Å². The number of rotatable bonds is 3. The number of amides is 1. The quantitative estimate of drug-likeness (QED) is 0.801. The minimum Gasteiger partial charge on any atom is -0.450 e. The fraction of sp³-hybridized carbons (Fsp3) is 0.200. The number of hydrogen-bond donors (Lipinski definition) is 1. The van der Waals surface area contributed by atoms with Gasteiger partial charge in [-0.05, 0) is 43.5 Å². The van der Waals surface area contributed by atoms with Gasteiger partial charge in [0, 0.05) is 12.6 Å². The van der Waals surface area contributed by atoms with Crippen molar-refractivity contribution < 1.29 is 9.21 Å². The zero-order valence-corrected chi connectivity index (χ0v) is 14.0. The molecule has 0 fully saturated rings. The predicted octanol–water partition coefficient (Wildman–Crippen LogP) is 3.65. The second-order valence-electron chi connectivity index (χ2n) is 6.10. The van der Waals surface area contributed by atoms with E-state index in [4.69, 9.17) is 4.42 Å². The summed E-state index contributed by atoms with van der Waals surface area (Å²) in [4.78, 5) is 24.6. The molecule has 122 valence electrons. The highest BCUT2D eigenvalue weighted by Crippen LogP contribution is 2.19. The van der Waals surface area contributed by atoms with E-state index in [1.165, 1.54) is 6.07 Å². The molecule has 1 amide bonds. The van der Waals surface area contributed by atoms with Crippen molar-refractivity contribution in [1.82, 2.24) is 5.32 Å². The number of carbonyl (C=O) groups is 1. The Kier molecular flexibility index (Phi) is 4.21. The molecule has 0 bridgehead atoms. The molecule has 0 spiro atoms. The number of benzene rings is 2. The van der Waals surface area contributed by atoms with E-state index < -0.39 is 5.91 Å². The lowest BCUT2D eigenvalue weighted by molar-refractivity contribution is 0.0923. The van der Waals surface area contributed by atoms with Crippen LogP contribution in [0.4, 0.5) is 0 Å². The molecule has 0 aliphatic heterocycles. The van der Waals surface area contributed by atoms with Crippen LogP contribution in [0.15, 0.2) is 51.7 Å². The van der Waals surface area contributed by atoms with Gasteiger partial charge in [-0.25, -0.2) is 0 Å². The molecular weight excluding hydrogens is 302 g/mol. The maximum absolute atomic E-state index is 12.3. The molecule has 0 aliphatic rings. The Bertz CT molecular complexity index is 969. The van der Waals surface area contributed by atoms with Crippen LogP contribution in [-0.2, 0) is 6.54 Å². The van der Waals surface area contributed by atoms with Crippen molar-refractivity contribution in [3.63, 3.8) is 0 Å². The van der Waals surface area contributed by atoms with Gasteiger partial charge >= 0.3 is 0 Å². The lowest BCUT2D eigenvalue weighted by Gasteiger charge is -2.08. The van der Waals surface area contributed by atoms with Crippen molar-refractivity contribution >= 4 is 16.9 Å². The third-order valence-corrected chi connectivity index (χ3v) is 3.96. The molecule has 4 heteroatoms. The summed E-state index contributed by atoms with van der Waals surface area (Å²) in [6, 6.07) is 12.9. The van der Waals surface area contributed by atoms with Gasteiger partial charge in [-0.1, -0.05) is 35.9 Å². The zero-order chi connectivity index (χ0) is 17.3. The van der Waals surface area contributed by atoms with Crippen LogP contribution in [0, 0.1) is 20.8 Å². The van der Waals surface area contributed by atoms with Crippen molar-refractivity contribution in [2.45, 2.75) is 27.3 Å². The molecule has 0 atom stereocenters. The normalized spacial score (nSPS) is 10.8. The van der Waals surface area contributed by atoms with Gasteiger partial charge in [0.1, 0.15) is 5.58 Å². The van der Waals surface area contributed by atoms with Crippen molar-refractivity contribution in [2.24, 2.45) is 0 Å². The van der Waals surface area contributed by atoms with Gasteiger partial charge in [-0.3, -0.25) is 9.59 Å². The summed E-state index contributed by atoms with van der Waals surface area (Å²) in [6.45, 7) is 6.18. The Balaban J connectivity index is 1.87. The molecule has 2 aromatic carbocycles. The van der Waals surface area contributed by atoms with Gasteiger partial charge in [-0.2, -0.15) is 0 Å². The van der Waals surface area contributed by atoms with Gasteiger partial charge in [0.15, 0.2) is 11.2 Å². The van der Waals surface area contributed by atoms with Crippen LogP contribution >= 0.6 is 0 Å². The van der Waals surface area contributed by atoms with Gasteiger partial charge in [-0.15, -0.1) is 0 Å². The Hall–Kier alpha value is -2.88. The molecule has 1 aromatic heterocycles. The minimum absolute atomic E-state index is 0.0339. The molecule has 1 N–H and O–H groups in total. The van der Waals surface area contributed by atoms with Crippen LogP contribution < -0.4 is 10.7 Å². The highest BCUT2D eigenvalue weighted by molar-refractivity contribution is 5.93. The second kappa shape index (κ2) is 6.32. The fourth-order valence-corrected chi connectivity index (χ4v) is 2.70. The van der Waals surface area contributed by atoms with E-state index in [2.05, 4.69) is 5.32 Å². The summed E-state index contributed by atoms with van der Waals surface area (Å²) in [5.74, 6) is -0.360. The lowest BCUT2D eigenvalue weighted by atomic mass is 10.1. The highest BCUT2D eigenvalue weighted by atomic mass is 16.3. The molecule has 0 aliphatic carbocycles. The largest absolute Gasteiger partial charge is 0.450 e. The van der Waals surface area contributed by atoms with E-state index in [9.17, 15) is 9.59 Å². The minimum atomic E-state index is -0.394. The molecule has 1 heterocycles. The summed E-state index contributed by atoms with van der Waals surface area (Å²) in [5.41, 5.74) is 4.25. The van der Waals surface area contributed by atoms with Crippen LogP contribution in [-0.4, -0.2) is 5.91 Å². The van der Waals surface area contributed by atoms with E-state index in [-0.39, 0.29) is 11.2 Å². The maximum atomic E-state index is 12.3. The predicted molar refractivity (Wildman–Crippen MR) is 94.3 cm³/mol. The molecule has 0 saturated heterocycles. The summed E-state index contributed by atoms with van der Waals surface area (Å²) in [5, 5.41) is 3.29. The van der Waals surface area contributed by atoms with E-state index in [0.717, 1.165) is 22.3 Å². The van der Waals surface area contributed by atoms with E-state index >= 15 is 0 Å². The number of carbonyl (C=O) groups excluding carboxylic acids is 1. The number of fused-ring (bicyclic) bond motifs is 1. The van der Waals surface area contributed by atoms with Gasteiger partial charge in [0.2, 0.25) is 0 Å². The average Bonchev–Trinajstić information content (AvgIpc) is 2.55. The number of hydrogen-bond acceptors (Lipinski definition) is 3. The summed E-state index contributed by atoms with van der Waals surface area (Å²) >= 11 is 0. The molecule has 4 nitrogen and oxygen atoms in total. The van der Waals surface area contributed by atoms with Gasteiger partial charge in [0.05, 0.1) is 5.39 Å². The third kappa shape index (κ3) is 3.23. The molecule has 24 heavy (non-hydrogen) atoms. The van der Waals surface area contributed by atoms with Crippen LogP contribution in [0.2, 0.25) is 0 Å². The van der Waals surface area contributed by atoms with Crippen LogP contribution in [0.1, 0.15) is 32.8 Å². The Labute approximate surface area is 140 Å². The van der Waals surface area contributed by atoms with Crippen molar-refractivity contribution in [3.05, 3.63) is 80.7 Å². The van der Waals surface area contributed by atoms with E-state index in [1.54, 1.807) is 6.07 Å². The first kappa shape index (κ1) is 16.0. The van der Waals surface area contributed by atoms with Crippen molar-refractivity contribution in [1.29, 1.82) is 0 Å². The molecule has 0 radical (unpaired) electrons. The van der Waals surface area contributed by atoms with Gasteiger partial charge < -0.3 is 9.73 Å². The van der Waals surface area contributed by atoms with Crippen LogP contribution in [0.3, 0.4) is 0 Å². The highest BCUT2D eigenvalue weighted by Gasteiger charge is 2.13. The van der Waals surface area contributed by atoms with E-state index in [0.29, 0.717) is 17.5 Å². The first-order chi connectivity index (χ1) is 11.4. The summed E-state index contributed by atoms with van der Waals surface area (Å²) < 4.78 is 5.69. The van der Waals surface area contributed by atoms with Crippen LogP contribution in [0.25, 0.3) is 11.0 Å². The fourth-order valence-electron chi connectivity index (χ4n) is 2.70. The van der Waals surface area contributed by atoms with Gasteiger partial charge in [0.25, 0.3) is 5.91 Å². The number of nitrogens with one attached hydrogen (secondary N) is 1. The zero-order valence-electron chi connectivity index (χ0n) is 14.0. The molecule has 0 saturated carbocycles. The summed E-state index contributed by atoms with van der Waals surface area (Å²) in [6.07, 6.45) is 0. The SMILES string of the molecule is Cc1ccc(CNC(=O)c2cc(=O)c3cc(C)cc(C)c3o2)cc1. The molecule has 0 unspecified atom stereocenters. The Morgan fingerprint density at radius 2 is 1.71 bits per heavy atom. The molecule has 3 aromatic rings. The van der Waals surface area contributed by atoms with E-state index in [1.807, 2.05) is 51.1 Å². The Morgan fingerprint density at radius 1 is 1.00 bits per heavy atom. The molecule has 3 rings (SSSR count). The first-order valence-electron chi connectivity index (χ1n) is 7.83. The standard InChI is InChI=1S/C20H19NO3/c1-12-4-6-15(7-5-12)11-21-20(23)18-10-17(22)16-9-13(2)8-14(3)19(16)24-18/h4-10H,11H2,1-3H3,(H,21,23). The topological polar surface area (TPSA) is 59.3 Å². The maximum Gasteiger partial charge on any atom is 0.287 e. The first-order valence-corrected chi connectivity index (χ1v) is 7.83. The third-order valence-electron chi connectivity index (χ3n) is 3.96. The van der Waals surface area contributed by atoms with Crippen molar-refractivity contribution in [3.8, 4) is 0 Å². The lowest BCUT2D eigenvalue weighted by Crippen LogP contribution is -2.24. The number of aryl methyl sites for hydroxylation is 3.